The molecule has 2 aromatic carbocycles. The third-order valence-electron chi connectivity index (χ3n) is 3.94. The zero-order chi connectivity index (χ0) is 19.1. The van der Waals surface area contributed by atoms with Gasteiger partial charge in [0.05, 0.1) is 12.5 Å². The molecule has 0 fully saturated rings. The Kier molecular flexibility index (Phi) is 6.92. The van der Waals surface area contributed by atoms with Crippen molar-refractivity contribution in [2.24, 2.45) is 0 Å². The van der Waals surface area contributed by atoms with E-state index in [0.717, 1.165) is 5.56 Å². The maximum absolute atomic E-state index is 12.2. The SMILES string of the molecule is Cc1ccc(C(=O)CCC(=O)N[C@@H](CC(=O)O)c2ccc(Cl)cc2)cc1. The van der Waals surface area contributed by atoms with Crippen LogP contribution in [0.3, 0.4) is 0 Å². The van der Waals surface area contributed by atoms with Gasteiger partial charge < -0.3 is 10.4 Å². The molecule has 2 N–H and O–H groups in total. The highest BCUT2D eigenvalue weighted by atomic mass is 35.5. The number of aliphatic carboxylic acids is 1. The van der Waals surface area contributed by atoms with Gasteiger partial charge in [0.15, 0.2) is 5.78 Å². The number of benzene rings is 2. The minimum absolute atomic E-state index is 0.00355. The molecule has 0 aliphatic rings. The molecular formula is C20H20ClNO4. The van der Waals surface area contributed by atoms with Gasteiger partial charge in [0.2, 0.25) is 5.91 Å². The summed E-state index contributed by atoms with van der Waals surface area (Å²) in [7, 11) is 0. The number of hydrogen-bond acceptors (Lipinski definition) is 3. The number of carboxylic acid groups (broad SMARTS) is 1. The molecule has 0 aliphatic carbocycles. The number of carboxylic acids is 1. The quantitative estimate of drug-likeness (QED) is 0.686. The van der Waals surface area contributed by atoms with E-state index in [1.807, 2.05) is 19.1 Å². The van der Waals surface area contributed by atoms with Crippen LogP contribution in [0.4, 0.5) is 0 Å². The maximum atomic E-state index is 12.2. The van der Waals surface area contributed by atoms with Gasteiger partial charge in [-0.15, -0.1) is 0 Å². The van der Waals surface area contributed by atoms with Crippen molar-refractivity contribution in [2.45, 2.75) is 32.2 Å². The Labute approximate surface area is 157 Å². The van der Waals surface area contributed by atoms with E-state index in [1.54, 1.807) is 36.4 Å². The van der Waals surface area contributed by atoms with Crippen LogP contribution in [0.15, 0.2) is 48.5 Å². The number of nitrogens with one attached hydrogen (secondary N) is 1. The summed E-state index contributed by atoms with van der Waals surface area (Å²) in [5.74, 6) is -1.52. The van der Waals surface area contributed by atoms with E-state index in [-0.39, 0.29) is 31.0 Å². The monoisotopic (exact) mass is 373 g/mol. The minimum Gasteiger partial charge on any atom is -0.481 e. The summed E-state index contributed by atoms with van der Waals surface area (Å²) in [5.41, 5.74) is 2.26. The largest absolute Gasteiger partial charge is 0.481 e. The lowest BCUT2D eigenvalue weighted by atomic mass is 10.0. The van der Waals surface area contributed by atoms with Gasteiger partial charge in [-0.1, -0.05) is 53.6 Å². The molecule has 0 radical (unpaired) electrons. The molecule has 0 aliphatic heterocycles. The van der Waals surface area contributed by atoms with Gasteiger partial charge in [-0.25, -0.2) is 0 Å². The number of aryl methyl sites for hydroxylation is 1. The molecule has 26 heavy (non-hydrogen) atoms. The molecular weight excluding hydrogens is 354 g/mol. The van der Waals surface area contributed by atoms with Crippen LogP contribution in [0.5, 0.6) is 0 Å². The van der Waals surface area contributed by atoms with Crippen LogP contribution in [-0.2, 0) is 9.59 Å². The second-order valence-corrected chi connectivity index (χ2v) is 6.50. The first kappa shape index (κ1) is 19.7. The van der Waals surface area contributed by atoms with Crippen LogP contribution in [-0.4, -0.2) is 22.8 Å². The third-order valence-corrected chi connectivity index (χ3v) is 4.19. The molecule has 0 bridgehead atoms. The van der Waals surface area contributed by atoms with Crippen LogP contribution in [0.25, 0.3) is 0 Å². The Bertz CT molecular complexity index is 784. The van der Waals surface area contributed by atoms with Crippen molar-refractivity contribution in [1.82, 2.24) is 5.32 Å². The Balaban J connectivity index is 1.96. The Morgan fingerprint density at radius 2 is 1.62 bits per heavy atom. The Morgan fingerprint density at radius 1 is 1.00 bits per heavy atom. The Morgan fingerprint density at radius 3 is 2.19 bits per heavy atom. The average Bonchev–Trinajstić information content (AvgIpc) is 2.60. The van der Waals surface area contributed by atoms with Crippen LogP contribution in [0, 0.1) is 6.92 Å². The predicted octanol–water partition coefficient (Wildman–Crippen LogP) is 3.94. The zero-order valence-corrected chi connectivity index (χ0v) is 15.1. The lowest BCUT2D eigenvalue weighted by Gasteiger charge is -2.17. The van der Waals surface area contributed by atoms with Crippen molar-refractivity contribution in [3.8, 4) is 0 Å². The topological polar surface area (TPSA) is 83.5 Å². The molecule has 1 atom stereocenters. The van der Waals surface area contributed by atoms with Gasteiger partial charge in [0, 0.05) is 23.4 Å². The lowest BCUT2D eigenvalue weighted by molar-refractivity contribution is -0.137. The summed E-state index contributed by atoms with van der Waals surface area (Å²) in [6, 6.07) is 13.1. The third kappa shape index (κ3) is 6.01. The summed E-state index contributed by atoms with van der Waals surface area (Å²) in [6.07, 6.45) is -0.189. The minimum atomic E-state index is -1.03. The molecule has 1 amide bonds. The van der Waals surface area contributed by atoms with Crippen LogP contribution < -0.4 is 5.32 Å². The fraction of sp³-hybridized carbons (Fsp3) is 0.250. The number of amides is 1. The number of ketones is 1. The van der Waals surface area contributed by atoms with Crippen molar-refractivity contribution in [3.63, 3.8) is 0 Å². The first-order valence-electron chi connectivity index (χ1n) is 8.21. The van der Waals surface area contributed by atoms with Crippen LogP contribution >= 0.6 is 11.6 Å². The number of carbonyl (C=O) groups is 3. The van der Waals surface area contributed by atoms with E-state index in [1.165, 1.54) is 0 Å². The zero-order valence-electron chi connectivity index (χ0n) is 14.4. The highest BCUT2D eigenvalue weighted by Crippen LogP contribution is 2.20. The number of carbonyl (C=O) groups excluding carboxylic acids is 2. The second-order valence-electron chi connectivity index (χ2n) is 6.06. The molecule has 136 valence electrons. The van der Waals surface area contributed by atoms with Crippen molar-refractivity contribution in [1.29, 1.82) is 0 Å². The maximum Gasteiger partial charge on any atom is 0.305 e. The van der Waals surface area contributed by atoms with Gasteiger partial charge in [-0.3, -0.25) is 14.4 Å². The molecule has 0 spiro atoms. The summed E-state index contributed by atoms with van der Waals surface area (Å²) < 4.78 is 0. The fourth-order valence-electron chi connectivity index (χ4n) is 2.50. The molecule has 0 saturated carbocycles. The molecule has 5 nitrogen and oxygen atoms in total. The summed E-state index contributed by atoms with van der Waals surface area (Å²) >= 11 is 5.84. The standard InChI is InChI=1S/C20H20ClNO4/c1-13-2-4-15(5-3-13)18(23)10-11-19(24)22-17(12-20(25)26)14-6-8-16(21)9-7-14/h2-9,17H,10-12H2,1H3,(H,22,24)(H,25,26)/t17-/m0/s1. The van der Waals surface area contributed by atoms with E-state index in [2.05, 4.69) is 5.32 Å². The molecule has 2 rings (SSSR count). The molecule has 6 heteroatoms. The van der Waals surface area contributed by atoms with Crippen molar-refractivity contribution in [2.75, 3.05) is 0 Å². The summed E-state index contributed by atoms with van der Waals surface area (Å²) in [5, 5.41) is 12.3. The lowest BCUT2D eigenvalue weighted by Crippen LogP contribution is -2.30. The number of halogens is 1. The number of rotatable bonds is 8. The smallest absolute Gasteiger partial charge is 0.305 e. The molecule has 0 heterocycles. The number of hydrogen-bond donors (Lipinski definition) is 2. The van der Waals surface area contributed by atoms with Crippen molar-refractivity contribution < 1.29 is 19.5 Å². The highest BCUT2D eigenvalue weighted by Gasteiger charge is 2.19. The Hall–Kier alpha value is -2.66. The van der Waals surface area contributed by atoms with Gasteiger partial charge in [-0.2, -0.15) is 0 Å². The van der Waals surface area contributed by atoms with Gasteiger partial charge in [0.1, 0.15) is 0 Å². The van der Waals surface area contributed by atoms with E-state index in [4.69, 9.17) is 16.7 Å². The summed E-state index contributed by atoms with van der Waals surface area (Å²) in [6.45, 7) is 1.93. The van der Waals surface area contributed by atoms with Crippen molar-refractivity contribution >= 4 is 29.3 Å². The molecule has 0 aromatic heterocycles. The van der Waals surface area contributed by atoms with Gasteiger partial charge in [0.25, 0.3) is 0 Å². The first-order chi connectivity index (χ1) is 12.3. The fourth-order valence-corrected chi connectivity index (χ4v) is 2.63. The molecule has 0 saturated heterocycles. The summed E-state index contributed by atoms with van der Waals surface area (Å²) in [4.78, 5) is 35.4. The molecule has 0 unspecified atom stereocenters. The van der Waals surface area contributed by atoms with Gasteiger partial charge in [-0.05, 0) is 24.6 Å². The van der Waals surface area contributed by atoms with Crippen molar-refractivity contribution in [3.05, 3.63) is 70.2 Å². The van der Waals surface area contributed by atoms with Crippen LogP contribution in [0.1, 0.15) is 46.8 Å². The first-order valence-corrected chi connectivity index (χ1v) is 8.59. The molecule has 2 aromatic rings. The van der Waals surface area contributed by atoms with E-state index >= 15 is 0 Å². The van der Waals surface area contributed by atoms with E-state index in [9.17, 15) is 14.4 Å². The second kappa shape index (κ2) is 9.15. The predicted molar refractivity (Wildman–Crippen MR) is 99.3 cm³/mol. The van der Waals surface area contributed by atoms with E-state index in [0.29, 0.717) is 16.1 Å². The van der Waals surface area contributed by atoms with E-state index < -0.39 is 12.0 Å². The highest BCUT2D eigenvalue weighted by molar-refractivity contribution is 6.30. The normalized spacial score (nSPS) is 11.6. The average molecular weight is 374 g/mol. The number of Topliss-reactive ketones (excluding diaryl/α,β-unsaturated/α-hetero) is 1. The van der Waals surface area contributed by atoms with Crippen LogP contribution in [0.2, 0.25) is 5.02 Å². The van der Waals surface area contributed by atoms with Gasteiger partial charge >= 0.3 is 5.97 Å².